The first kappa shape index (κ1) is 24.2. The average Bonchev–Trinajstić information content (AvgIpc) is 3.20. The zero-order chi connectivity index (χ0) is 22.9. The summed E-state index contributed by atoms with van der Waals surface area (Å²) in [6, 6.07) is 7.34. The summed E-state index contributed by atoms with van der Waals surface area (Å²) in [6.45, 7) is 3.33. The lowest BCUT2D eigenvalue weighted by Crippen LogP contribution is -2.45. The summed E-state index contributed by atoms with van der Waals surface area (Å²) in [6.07, 6.45) is 6.50. The Morgan fingerprint density at radius 2 is 2.12 bits per heavy atom. The molecule has 0 spiro atoms. The number of hydrogen-bond acceptors (Lipinski definition) is 7. The number of thiazole rings is 1. The number of nitrogens with zero attached hydrogens (tertiary/aromatic N) is 2. The summed E-state index contributed by atoms with van der Waals surface area (Å²) in [5.74, 6) is 0.499. The molecular weight excluding hydrogens is 448 g/mol. The van der Waals surface area contributed by atoms with Gasteiger partial charge in [-0.05, 0) is 50.2 Å². The molecule has 0 unspecified atom stereocenters. The van der Waals surface area contributed by atoms with Crippen molar-refractivity contribution >= 4 is 45.9 Å². The summed E-state index contributed by atoms with van der Waals surface area (Å²) in [4.78, 5) is 30.0. The van der Waals surface area contributed by atoms with Crippen LogP contribution >= 0.6 is 23.1 Å². The summed E-state index contributed by atoms with van der Waals surface area (Å²) < 4.78 is 6.55. The molecule has 0 bridgehead atoms. The van der Waals surface area contributed by atoms with Crippen LogP contribution in [0.25, 0.3) is 0 Å². The molecule has 1 aliphatic carbocycles. The highest BCUT2D eigenvalue weighted by Crippen LogP contribution is 2.30. The Bertz CT molecular complexity index is 900. The third kappa shape index (κ3) is 7.59. The van der Waals surface area contributed by atoms with Crippen molar-refractivity contribution in [2.75, 3.05) is 30.0 Å². The van der Waals surface area contributed by atoms with Crippen LogP contribution in [0.4, 0.5) is 15.6 Å². The van der Waals surface area contributed by atoms with Crippen molar-refractivity contribution in [1.82, 2.24) is 9.88 Å². The first-order valence-corrected chi connectivity index (χ1v) is 12.6. The number of aliphatic carboxylic acids is 1. The van der Waals surface area contributed by atoms with Gasteiger partial charge < -0.3 is 20.5 Å². The van der Waals surface area contributed by atoms with Gasteiger partial charge in [0, 0.05) is 24.3 Å². The van der Waals surface area contributed by atoms with Gasteiger partial charge in [-0.1, -0.05) is 24.3 Å². The lowest BCUT2D eigenvalue weighted by atomic mass is 9.86. The Hall–Kier alpha value is -2.46. The lowest BCUT2D eigenvalue weighted by molar-refractivity contribution is -0.133. The monoisotopic (exact) mass is 478 g/mol. The van der Waals surface area contributed by atoms with Gasteiger partial charge in [-0.15, -0.1) is 11.8 Å². The van der Waals surface area contributed by atoms with E-state index in [9.17, 15) is 9.59 Å². The van der Waals surface area contributed by atoms with E-state index in [0.717, 1.165) is 35.6 Å². The molecule has 1 aliphatic rings. The highest BCUT2D eigenvalue weighted by atomic mass is 32.2. The van der Waals surface area contributed by atoms with Crippen molar-refractivity contribution < 1.29 is 19.4 Å². The maximum atomic E-state index is 13.1. The number of nitrogen functional groups attached to an aromatic ring is 1. The Morgan fingerprint density at radius 1 is 1.34 bits per heavy atom. The molecule has 10 heteroatoms. The van der Waals surface area contributed by atoms with Gasteiger partial charge in [0.2, 0.25) is 0 Å². The van der Waals surface area contributed by atoms with Crippen LogP contribution in [0.15, 0.2) is 34.7 Å². The Morgan fingerprint density at radius 3 is 2.84 bits per heavy atom. The van der Waals surface area contributed by atoms with Crippen molar-refractivity contribution in [2.24, 2.45) is 5.92 Å². The summed E-state index contributed by atoms with van der Waals surface area (Å²) >= 11 is 2.48. The first-order valence-electron chi connectivity index (χ1n) is 10.8. The van der Waals surface area contributed by atoms with Gasteiger partial charge >= 0.3 is 12.0 Å². The molecule has 1 aromatic carbocycles. The molecule has 1 aromatic heterocycles. The number of nitrogens with two attached hydrogens (primary N) is 1. The topological polar surface area (TPSA) is 118 Å². The molecule has 0 radical (unpaired) electrons. The minimum Gasteiger partial charge on any atom is -0.493 e. The van der Waals surface area contributed by atoms with Crippen LogP contribution in [0.1, 0.15) is 39.0 Å². The number of carbonyl (C=O) groups is 2. The van der Waals surface area contributed by atoms with Crippen molar-refractivity contribution in [3.8, 4) is 5.75 Å². The van der Waals surface area contributed by atoms with Crippen LogP contribution in [-0.2, 0) is 4.79 Å². The second-order valence-electron chi connectivity index (χ2n) is 7.98. The van der Waals surface area contributed by atoms with E-state index in [1.165, 1.54) is 23.1 Å². The average molecular weight is 479 g/mol. The number of carboxylic acid groups (broad SMARTS) is 1. The molecule has 174 valence electrons. The van der Waals surface area contributed by atoms with Gasteiger partial charge in [0.05, 0.1) is 22.8 Å². The molecule has 3 rings (SSSR count). The van der Waals surface area contributed by atoms with E-state index in [2.05, 4.69) is 17.2 Å². The third-order valence-electron chi connectivity index (χ3n) is 5.39. The largest absolute Gasteiger partial charge is 0.493 e. The molecular formula is C22H30N4O4S2. The summed E-state index contributed by atoms with van der Waals surface area (Å²) in [5, 5.41) is 12.2. The van der Waals surface area contributed by atoms with Crippen LogP contribution < -0.4 is 15.8 Å². The first-order chi connectivity index (χ1) is 15.4. The van der Waals surface area contributed by atoms with E-state index < -0.39 is 5.97 Å². The Kier molecular flexibility index (Phi) is 9.04. The number of carboxylic acids is 1. The van der Waals surface area contributed by atoms with Crippen molar-refractivity contribution in [2.45, 2.75) is 49.3 Å². The number of anilines is 2. The van der Waals surface area contributed by atoms with Crippen LogP contribution in [0.3, 0.4) is 0 Å². The lowest BCUT2D eigenvalue weighted by Gasteiger charge is -2.36. The van der Waals surface area contributed by atoms with Crippen molar-refractivity contribution in [3.05, 3.63) is 30.5 Å². The van der Waals surface area contributed by atoms with Crippen LogP contribution in [0, 0.1) is 5.92 Å². The molecule has 2 amide bonds. The number of thioether (sulfide) groups is 1. The molecule has 1 fully saturated rings. The fourth-order valence-corrected chi connectivity index (χ4v) is 5.30. The normalized spacial score (nSPS) is 18.2. The Balaban J connectivity index is 1.56. The molecule has 0 atom stereocenters. The second-order valence-corrected chi connectivity index (χ2v) is 10.3. The SMILES string of the molecule is CC1CCC(N(CCCOc2cccc(N)c2)C(=O)Nc2ncc(SCC(=O)O)s2)CC1. The maximum absolute atomic E-state index is 13.1. The summed E-state index contributed by atoms with van der Waals surface area (Å²) in [7, 11) is 0. The zero-order valence-corrected chi connectivity index (χ0v) is 19.8. The van der Waals surface area contributed by atoms with E-state index in [1.54, 1.807) is 12.3 Å². The molecule has 32 heavy (non-hydrogen) atoms. The molecule has 8 nitrogen and oxygen atoms in total. The van der Waals surface area contributed by atoms with E-state index in [-0.39, 0.29) is 17.8 Å². The van der Waals surface area contributed by atoms with Gasteiger partial charge in [0.1, 0.15) is 5.75 Å². The van der Waals surface area contributed by atoms with E-state index in [0.29, 0.717) is 36.3 Å². The van der Waals surface area contributed by atoms with E-state index in [4.69, 9.17) is 15.6 Å². The van der Waals surface area contributed by atoms with Crippen molar-refractivity contribution in [3.63, 3.8) is 0 Å². The molecule has 1 saturated carbocycles. The van der Waals surface area contributed by atoms with Gasteiger partial charge in [-0.25, -0.2) is 9.78 Å². The quantitative estimate of drug-likeness (QED) is 0.255. The van der Waals surface area contributed by atoms with E-state index >= 15 is 0 Å². The molecule has 0 saturated heterocycles. The van der Waals surface area contributed by atoms with Crippen LogP contribution in [0.5, 0.6) is 5.75 Å². The second kappa shape index (κ2) is 12.0. The predicted molar refractivity (Wildman–Crippen MR) is 129 cm³/mol. The molecule has 1 heterocycles. The molecule has 0 aliphatic heterocycles. The van der Waals surface area contributed by atoms with Crippen molar-refractivity contribution in [1.29, 1.82) is 0 Å². The zero-order valence-electron chi connectivity index (χ0n) is 18.2. The minimum atomic E-state index is -0.882. The third-order valence-corrected chi connectivity index (χ3v) is 7.49. The predicted octanol–water partition coefficient (Wildman–Crippen LogP) is 4.78. The van der Waals surface area contributed by atoms with Crippen LogP contribution in [-0.4, -0.2) is 51.9 Å². The molecule has 2 aromatic rings. The number of nitrogens with one attached hydrogen (secondary N) is 1. The van der Waals surface area contributed by atoms with Gasteiger partial charge in [-0.2, -0.15) is 0 Å². The number of hydrogen-bond donors (Lipinski definition) is 3. The number of aromatic nitrogens is 1. The fourth-order valence-electron chi connectivity index (χ4n) is 3.71. The highest BCUT2D eigenvalue weighted by Gasteiger charge is 2.28. The van der Waals surface area contributed by atoms with Gasteiger partial charge in [-0.3, -0.25) is 10.1 Å². The highest BCUT2D eigenvalue weighted by molar-refractivity contribution is 8.01. The standard InChI is InChI=1S/C22H30N4O4S2/c1-15-6-8-17(9-7-15)26(10-3-11-30-18-5-2-4-16(23)12-18)22(29)25-21-24-13-20(32-21)31-14-19(27)28/h2,4-5,12-13,15,17H,3,6-11,14,23H2,1H3,(H,27,28)(H,24,25,29). The van der Waals surface area contributed by atoms with Gasteiger partial charge in [0.25, 0.3) is 0 Å². The fraction of sp³-hybridized carbons (Fsp3) is 0.500. The number of carbonyl (C=O) groups excluding carboxylic acids is 1. The number of amides is 2. The minimum absolute atomic E-state index is 0.0327. The maximum Gasteiger partial charge on any atom is 0.323 e. The van der Waals surface area contributed by atoms with Gasteiger partial charge in [0.15, 0.2) is 5.13 Å². The number of ether oxygens (including phenoxy) is 1. The Labute approximate surface area is 196 Å². The van der Waals surface area contributed by atoms with Crippen LogP contribution in [0.2, 0.25) is 0 Å². The molecule has 4 N–H and O–H groups in total. The number of benzene rings is 1. The van der Waals surface area contributed by atoms with E-state index in [1.807, 2.05) is 23.1 Å². The number of rotatable bonds is 10. The smallest absolute Gasteiger partial charge is 0.323 e. The number of urea groups is 1. The summed E-state index contributed by atoms with van der Waals surface area (Å²) in [5.41, 5.74) is 6.45.